The van der Waals surface area contributed by atoms with Gasteiger partial charge in [0.1, 0.15) is 5.69 Å². The Bertz CT molecular complexity index is 681. The minimum absolute atomic E-state index is 0.00752. The van der Waals surface area contributed by atoms with Gasteiger partial charge >= 0.3 is 0 Å². The molecule has 0 N–H and O–H groups in total. The molecule has 0 radical (unpaired) electrons. The van der Waals surface area contributed by atoms with Crippen molar-refractivity contribution in [3.05, 3.63) is 36.5 Å². The van der Waals surface area contributed by atoms with Gasteiger partial charge in [0.2, 0.25) is 5.78 Å². The van der Waals surface area contributed by atoms with E-state index in [0.717, 1.165) is 12.8 Å². The number of pyridine rings is 1. The third-order valence-electron chi connectivity index (χ3n) is 5.67. The highest BCUT2D eigenvalue weighted by Crippen LogP contribution is 2.19. The van der Waals surface area contributed by atoms with Crippen LogP contribution in [0.4, 0.5) is 0 Å². The number of hydrogen-bond donors (Lipinski definition) is 0. The molecular weight excluding hydrogens is 372 g/mol. The van der Waals surface area contributed by atoms with Gasteiger partial charge in [-0.2, -0.15) is 0 Å². The molecular formula is C26H40N2O2. The van der Waals surface area contributed by atoms with Gasteiger partial charge in [-0.1, -0.05) is 103 Å². The number of oxazole rings is 1. The van der Waals surface area contributed by atoms with Crippen molar-refractivity contribution < 1.29 is 9.21 Å². The summed E-state index contributed by atoms with van der Waals surface area (Å²) < 4.78 is 5.58. The molecule has 0 unspecified atom stereocenters. The summed E-state index contributed by atoms with van der Waals surface area (Å²) in [6.07, 6.45) is 23.7. The van der Waals surface area contributed by atoms with Crippen LogP contribution in [0.1, 0.15) is 120 Å². The van der Waals surface area contributed by atoms with Crippen LogP contribution in [0, 0.1) is 0 Å². The largest absolute Gasteiger partial charge is 0.432 e. The summed E-state index contributed by atoms with van der Waals surface area (Å²) in [5, 5.41) is 0. The average Bonchev–Trinajstić information content (AvgIpc) is 3.27. The zero-order valence-electron chi connectivity index (χ0n) is 18.9. The first-order chi connectivity index (χ1) is 14.8. The van der Waals surface area contributed by atoms with Crippen molar-refractivity contribution in [3.63, 3.8) is 0 Å². The highest BCUT2D eigenvalue weighted by atomic mass is 16.4. The first-order valence-corrected chi connectivity index (χ1v) is 12.2. The lowest BCUT2D eigenvalue weighted by Crippen LogP contribution is -1.98. The third-order valence-corrected chi connectivity index (χ3v) is 5.67. The van der Waals surface area contributed by atoms with Crippen LogP contribution < -0.4 is 0 Å². The fourth-order valence-electron chi connectivity index (χ4n) is 3.79. The van der Waals surface area contributed by atoms with E-state index in [1.807, 2.05) is 18.2 Å². The summed E-state index contributed by atoms with van der Waals surface area (Å²) in [5.41, 5.74) is 0.705. The molecule has 0 amide bonds. The maximum absolute atomic E-state index is 12.2. The Morgan fingerprint density at radius 2 is 1.33 bits per heavy atom. The van der Waals surface area contributed by atoms with Crippen molar-refractivity contribution in [2.24, 2.45) is 0 Å². The number of aromatic nitrogens is 2. The number of carbonyl (C=O) groups is 1. The number of unbranched alkanes of at least 4 members (excludes halogenated alkanes) is 14. The van der Waals surface area contributed by atoms with E-state index in [4.69, 9.17) is 4.42 Å². The molecule has 0 atom stereocenters. The number of rotatable bonds is 18. The highest BCUT2D eigenvalue weighted by Gasteiger charge is 2.14. The topological polar surface area (TPSA) is 56.0 Å². The minimum atomic E-state index is -0.00752. The van der Waals surface area contributed by atoms with Crippen molar-refractivity contribution in [2.45, 2.75) is 110 Å². The van der Waals surface area contributed by atoms with Crippen LogP contribution in [0.5, 0.6) is 0 Å². The quantitative estimate of drug-likeness (QED) is 0.183. The Hall–Kier alpha value is -1.97. The molecule has 0 aliphatic carbocycles. The molecule has 0 spiro atoms. The molecule has 2 aromatic rings. The maximum Gasteiger partial charge on any atom is 0.263 e. The fraction of sp³-hybridized carbons (Fsp3) is 0.654. The summed E-state index contributed by atoms with van der Waals surface area (Å²) in [6, 6.07) is 5.59. The lowest BCUT2D eigenvalue weighted by molar-refractivity contribution is 0.0946. The van der Waals surface area contributed by atoms with Crippen molar-refractivity contribution >= 4 is 5.78 Å². The minimum Gasteiger partial charge on any atom is -0.432 e. The SMILES string of the molecule is CCCCCCCCCCCCCCCCCC(=O)c1ncc(-c2ccccn2)o1. The van der Waals surface area contributed by atoms with E-state index in [0.29, 0.717) is 17.9 Å². The third kappa shape index (κ3) is 10.2. The average molecular weight is 413 g/mol. The first kappa shape index (κ1) is 24.3. The molecule has 2 heterocycles. The zero-order valence-corrected chi connectivity index (χ0v) is 18.9. The molecule has 2 aromatic heterocycles. The van der Waals surface area contributed by atoms with Crippen molar-refractivity contribution in [1.82, 2.24) is 9.97 Å². The number of ketones is 1. The van der Waals surface area contributed by atoms with Crippen molar-refractivity contribution in [2.75, 3.05) is 0 Å². The van der Waals surface area contributed by atoms with Crippen molar-refractivity contribution in [3.8, 4) is 11.5 Å². The Labute approximate surface area is 182 Å². The van der Waals surface area contributed by atoms with E-state index in [1.54, 1.807) is 12.4 Å². The lowest BCUT2D eigenvalue weighted by atomic mass is 10.0. The molecule has 4 nitrogen and oxygen atoms in total. The second kappa shape index (κ2) is 15.8. The Morgan fingerprint density at radius 3 is 1.87 bits per heavy atom. The summed E-state index contributed by atoms with van der Waals surface area (Å²) >= 11 is 0. The smallest absolute Gasteiger partial charge is 0.263 e. The molecule has 0 aliphatic heterocycles. The van der Waals surface area contributed by atoms with Gasteiger partial charge in [-0.3, -0.25) is 9.78 Å². The summed E-state index contributed by atoms with van der Waals surface area (Å²) in [5.74, 6) is 0.753. The van der Waals surface area contributed by atoms with E-state index >= 15 is 0 Å². The van der Waals surface area contributed by atoms with Gasteiger partial charge < -0.3 is 4.42 Å². The van der Waals surface area contributed by atoms with Crippen LogP contribution >= 0.6 is 0 Å². The van der Waals surface area contributed by atoms with E-state index < -0.39 is 0 Å². The standard InChI is InChI=1S/C26H40N2O2/c1-2-3-4-5-6-7-8-9-10-11-12-13-14-15-16-20-24(29)26-28-22-25(30-26)23-19-17-18-21-27-23/h17-19,21-22H,2-16,20H2,1H3. The molecule has 0 aromatic carbocycles. The van der Waals surface area contributed by atoms with E-state index in [9.17, 15) is 4.79 Å². The number of Topliss-reactive ketones (excluding diaryl/α,β-unsaturated/α-hetero) is 1. The lowest BCUT2D eigenvalue weighted by Gasteiger charge is -2.03. The Balaban J connectivity index is 1.41. The van der Waals surface area contributed by atoms with Crippen LogP contribution in [-0.2, 0) is 0 Å². The second-order valence-corrected chi connectivity index (χ2v) is 8.37. The maximum atomic E-state index is 12.2. The number of nitrogens with zero attached hydrogens (tertiary/aromatic N) is 2. The van der Waals surface area contributed by atoms with E-state index in [-0.39, 0.29) is 11.7 Å². The normalized spacial score (nSPS) is 11.1. The molecule has 0 bridgehead atoms. The molecule has 166 valence electrons. The number of carbonyl (C=O) groups excluding carboxylic acids is 1. The van der Waals surface area contributed by atoms with Gasteiger partial charge in [0, 0.05) is 12.6 Å². The predicted molar refractivity (Wildman–Crippen MR) is 124 cm³/mol. The van der Waals surface area contributed by atoms with Gasteiger partial charge in [-0.25, -0.2) is 4.98 Å². The van der Waals surface area contributed by atoms with Crippen LogP contribution in [0.2, 0.25) is 0 Å². The van der Waals surface area contributed by atoms with Crippen LogP contribution in [0.15, 0.2) is 35.0 Å². The predicted octanol–water partition coefficient (Wildman–Crippen LogP) is 8.18. The molecule has 0 saturated carbocycles. The zero-order chi connectivity index (χ0) is 21.3. The molecule has 2 rings (SSSR count). The Morgan fingerprint density at radius 1 is 0.767 bits per heavy atom. The molecule has 0 saturated heterocycles. The Kier molecular flexibility index (Phi) is 12.8. The second-order valence-electron chi connectivity index (χ2n) is 8.37. The number of hydrogen-bond acceptors (Lipinski definition) is 4. The summed E-state index contributed by atoms with van der Waals surface area (Å²) in [4.78, 5) is 20.6. The van der Waals surface area contributed by atoms with E-state index in [1.165, 1.54) is 83.5 Å². The van der Waals surface area contributed by atoms with Gasteiger partial charge in [0.05, 0.1) is 6.20 Å². The molecule has 0 aliphatic rings. The van der Waals surface area contributed by atoms with Gasteiger partial charge in [-0.15, -0.1) is 0 Å². The van der Waals surface area contributed by atoms with Gasteiger partial charge in [0.15, 0.2) is 5.76 Å². The van der Waals surface area contributed by atoms with Crippen LogP contribution in [0.3, 0.4) is 0 Å². The molecule has 0 fully saturated rings. The van der Waals surface area contributed by atoms with Gasteiger partial charge in [-0.05, 0) is 18.6 Å². The van der Waals surface area contributed by atoms with Crippen LogP contribution in [-0.4, -0.2) is 15.8 Å². The van der Waals surface area contributed by atoms with E-state index in [2.05, 4.69) is 16.9 Å². The summed E-state index contributed by atoms with van der Waals surface area (Å²) in [7, 11) is 0. The molecule has 30 heavy (non-hydrogen) atoms. The van der Waals surface area contributed by atoms with Crippen molar-refractivity contribution in [1.29, 1.82) is 0 Å². The summed E-state index contributed by atoms with van der Waals surface area (Å²) in [6.45, 7) is 2.28. The highest BCUT2D eigenvalue weighted by molar-refractivity contribution is 5.91. The van der Waals surface area contributed by atoms with Crippen LogP contribution in [0.25, 0.3) is 11.5 Å². The first-order valence-electron chi connectivity index (χ1n) is 12.2. The monoisotopic (exact) mass is 412 g/mol. The molecule has 4 heteroatoms. The fourth-order valence-corrected chi connectivity index (χ4v) is 3.79. The van der Waals surface area contributed by atoms with Gasteiger partial charge in [0.25, 0.3) is 5.89 Å².